The third kappa shape index (κ3) is 2.69. The lowest BCUT2D eigenvalue weighted by atomic mass is 10.3. The molecule has 0 aliphatic heterocycles. The van der Waals surface area contributed by atoms with Crippen molar-refractivity contribution in [2.45, 2.75) is 0 Å². The van der Waals surface area contributed by atoms with Gasteiger partial charge >= 0.3 is 5.91 Å². The fourth-order valence-corrected chi connectivity index (χ4v) is 1.16. The number of hydrogen-bond donors (Lipinski definition) is 3. The number of hydrogen-bond acceptors (Lipinski definition) is 4. The maximum atomic E-state index is 11.5. The number of hydrazine groups is 1. The molecule has 0 radical (unpaired) electrons. The number of carbonyl (C=O) groups is 1. The highest BCUT2D eigenvalue weighted by Crippen LogP contribution is 1.98. The van der Waals surface area contributed by atoms with E-state index in [1.807, 2.05) is 0 Å². The van der Waals surface area contributed by atoms with E-state index in [1.54, 1.807) is 30.5 Å². The maximum Gasteiger partial charge on any atom is 0.305 e. The predicted molar refractivity (Wildman–Crippen MR) is 60.4 cm³/mol. The second-order valence-electron chi connectivity index (χ2n) is 3.15. The van der Waals surface area contributed by atoms with Gasteiger partial charge in [-0.25, -0.2) is 0 Å². The van der Waals surface area contributed by atoms with E-state index in [0.29, 0.717) is 5.69 Å². The molecule has 2 aromatic rings. The van der Waals surface area contributed by atoms with Crippen LogP contribution in [0, 0.1) is 5.41 Å². The van der Waals surface area contributed by atoms with Gasteiger partial charge in [-0.2, -0.15) is 0 Å². The molecule has 86 valence electrons. The fourth-order valence-electron chi connectivity index (χ4n) is 1.16. The maximum absolute atomic E-state index is 11.5. The van der Waals surface area contributed by atoms with E-state index in [9.17, 15) is 4.79 Å². The summed E-state index contributed by atoms with van der Waals surface area (Å²) >= 11 is 0. The van der Waals surface area contributed by atoms with E-state index in [2.05, 4.69) is 15.8 Å². The van der Waals surface area contributed by atoms with Gasteiger partial charge in [-0.15, -0.1) is 0 Å². The minimum Gasteiger partial charge on any atom is -0.459 e. The molecule has 0 aliphatic carbocycles. The summed E-state index contributed by atoms with van der Waals surface area (Å²) in [6.07, 6.45) is 2.97. The Balaban J connectivity index is 1.91. The molecule has 3 N–H and O–H groups in total. The van der Waals surface area contributed by atoms with Gasteiger partial charge in [0, 0.05) is 6.20 Å². The molecule has 2 aromatic heterocycles. The number of amides is 1. The van der Waals surface area contributed by atoms with Crippen LogP contribution >= 0.6 is 0 Å². The van der Waals surface area contributed by atoms with Crippen molar-refractivity contribution in [3.8, 4) is 0 Å². The molecule has 0 saturated heterocycles. The zero-order chi connectivity index (χ0) is 12.1. The van der Waals surface area contributed by atoms with Crippen LogP contribution in [0.2, 0.25) is 0 Å². The first kappa shape index (κ1) is 10.9. The van der Waals surface area contributed by atoms with Crippen molar-refractivity contribution in [3.63, 3.8) is 0 Å². The summed E-state index contributed by atoms with van der Waals surface area (Å²) in [6.45, 7) is 0. The number of carbonyl (C=O) groups excluding carboxylic acids is 1. The highest BCUT2D eigenvalue weighted by atomic mass is 16.3. The number of nitrogens with zero attached hydrogens (tertiary/aromatic N) is 1. The molecular formula is C11H10N4O2. The van der Waals surface area contributed by atoms with Crippen LogP contribution in [0.1, 0.15) is 16.2 Å². The van der Waals surface area contributed by atoms with Gasteiger partial charge in [0.2, 0.25) is 0 Å². The normalized spacial score (nSPS) is 9.65. The van der Waals surface area contributed by atoms with Crippen molar-refractivity contribution in [2.75, 3.05) is 0 Å². The molecule has 1 amide bonds. The zero-order valence-electron chi connectivity index (χ0n) is 8.81. The molecule has 0 bridgehead atoms. The summed E-state index contributed by atoms with van der Waals surface area (Å²) in [5.74, 6) is -0.271. The van der Waals surface area contributed by atoms with E-state index >= 15 is 0 Å². The Morgan fingerprint density at radius 1 is 1.24 bits per heavy atom. The van der Waals surface area contributed by atoms with Crippen molar-refractivity contribution in [2.24, 2.45) is 0 Å². The summed E-state index contributed by atoms with van der Waals surface area (Å²) in [7, 11) is 0. The van der Waals surface area contributed by atoms with Crippen LogP contribution in [0.25, 0.3) is 0 Å². The lowest BCUT2D eigenvalue weighted by molar-refractivity contribution is 0.0916. The van der Waals surface area contributed by atoms with E-state index < -0.39 is 5.91 Å². The van der Waals surface area contributed by atoms with Crippen molar-refractivity contribution in [3.05, 3.63) is 54.2 Å². The molecular weight excluding hydrogens is 220 g/mol. The molecule has 6 heteroatoms. The summed E-state index contributed by atoms with van der Waals surface area (Å²) < 4.78 is 4.90. The number of furan rings is 1. The van der Waals surface area contributed by atoms with Gasteiger partial charge in [-0.1, -0.05) is 6.07 Å². The van der Waals surface area contributed by atoms with E-state index in [0.717, 1.165) is 0 Å². The minimum absolute atomic E-state index is 0.00510. The van der Waals surface area contributed by atoms with Gasteiger partial charge in [0.25, 0.3) is 0 Å². The molecule has 0 unspecified atom stereocenters. The van der Waals surface area contributed by atoms with Gasteiger partial charge in [-0.3, -0.25) is 26.0 Å². The van der Waals surface area contributed by atoms with Crippen LogP contribution in [-0.4, -0.2) is 16.7 Å². The largest absolute Gasteiger partial charge is 0.459 e. The number of nitrogens with one attached hydrogen (secondary N) is 3. The number of pyridine rings is 1. The number of aromatic nitrogens is 1. The summed E-state index contributed by atoms with van der Waals surface area (Å²) in [4.78, 5) is 15.4. The lowest BCUT2D eigenvalue weighted by Crippen LogP contribution is -2.41. The molecule has 0 spiro atoms. The first-order valence-corrected chi connectivity index (χ1v) is 4.87. The Morgan fingerprint density at radius 3 is 2.76 bits per heavy atom. The highest BCUT2D eigenvalue weighted by Gasteiger charge is 2.08. The van der Waals surface area contributed by atoms with Crippen LogP contribution in [0.5, 0.6) is 0 Å². The molecule has 0 atom stereocenters. The van der Waals surface area contributed by atoms with Gasteiger partial charge in [0.1, 0.15) is 5.69 Å². The van der Waals surface area contributed by atoms with E-state index in [4.69, 9.17) is 9.83 Å². The highest BCUT2D eigenvalue weighted by molar-refractivity contribution is 5.98. The summed E-state index contributed by atoms with van der Waals surface area (Å²) in [5.41, 5.74) is 5.22. The molecule has 0 fully saturated rings. The molecule has 17 heavy (non-hydrogen) atoms. The van der Waals surface area contributed by atoms with Crippen LogP contribution in [0.3, 0.4) is 0 Å². The monoisotopic (exact) mass is 230 g/mol. The third-order valence-electron chi connectivity index (χ3n) is 1.97. The minimum atomic E-state index is -0.448. The zero-order valence-corrected chi connectivity index (χ0v) is 8.81. The van der Waals surface area contributed by atoms with Crippen molar-refractivity contribution in [1.29, 1.82) is 5.41 Å². The number of rotatable bonds is 2. The SMILES string of the molecule is N=C(NNC(=O)c1ccco1)c1ccccn1. The van der Waals surface area contributed by atoms with Crippen molar-refractivity contribution >= 4 is 11.7 Å². The van der Waals surface area contributed by atoms with Crippen LogP contribution in [0.15, 0.2) is 47.2 Å². The van der Waals surface area contributed by atoms with Gasteiger partial charge in [0.15, 0.2) is 11.6 Å². The standard InChI is InChI=1S/C11H10N4O2/c12-10(8-4-1-2-6-13-8)14-15-11(16)9-5-3-7-17-9/h1-7H,(H2,12,14)(H,15,16). The van der Waals surface area contributed by atoms with E-state index in [-0.39, 0.29) is 11.6 Å². The van der Waals surface area contributed by atoms with Gasteiger partial charge in [-0.05, 0) is 24.3 Å². The van der Waals surface area contributed by atoms with Crippen molar-refractivity contribution < 1.29 is 9.21 Å². The first-order valence-electron chi connectivity index (χ1n) is 4.87. The van der Waals surface area contributed by atoms with Crippen molar-refractivity contribution in [1.82, 2.24) is 15.8 Å². The van der Waals surface area contributed by atoms with Crippen LogP contribution in [0.4, 0.5) is 0 Å². The summed E-state index contributed by atoms with van der Waals surface area (Å²) in [5, 5.41) is 7.63. The average molecular weight is 230 g/mol. The number of amidine groups is 1. The lowest BCUT2D eigenvalue weighted by Gasteiger charge is -2.07. The quantitative estimate of drug-likeness (QED) is 0.406. The topological polar surface area (TPSA) is 91.0 Å². The molecule has 6 nitrogen and oxygen atoms in total. The molecule has 0 saturated carbocycles. The predicted octanol–water partition coefficient (Wildman–Crippen LogP) is 0.935. The molecule has 0 aromatic carbocycles. The molecule has 2 heterocycles. The summed E-state index contributed by atoms with van der Waals surface area (Å²) in [6, 6.07) is 8.31. The van der Waals surface area contributed by atoms with Gasteiger partial charge in [0.05, 0.1) is 6.26 Å². The average Bonchev–Trinajstić information content (AvgIpc) is 2.90. The first-order chi connectivity index (χ1) is 8.27. The van der Waals surface area contributed by atoms with Gasteiger partial charge < -0.3 is 4.42 Å². The second kappa shape index (κ2) is 4.93. The second-order valence-corrected chi connectivity index (χ2v) is 3.15. The molecule has 0 aliphatic rings. The fraction of sp³-hybridized carbons (Fsp3) is 0. The Labute approximate surface area is 97.1 Å². The molecule has 2 rings (SSSR count). The Morgan fingerprint density at radius 2 is 2.12 bits per heavy atom. The Hall–Kier alpha value is -2.63. The third-order valence-corrected chi connectivity index (χ3v) is 1.97. The van der Waals surface area contributed by atoms with Crippen LogP contribution < -0.4 is 10.9 Å². The smallest absolute Gasteiger partial charge is 0.305 e. The van der Waals surface area contributed by atoms with E-state index in [1.165, 1.54) is 12.3 Å². The van der Waals surface area contributed by atoms with Crippen LogP contribution in [-0.2, 0) is 0 Å². The Kier molecular flexibility index (Phi) is 3.15. The Bertz CT molecular complexity index is 508.